The molecule has 0 unspecified atom stereocenters. The first-order valence-electron chi connectivity index (χ1n) is 15.8. The zero-order chi connectivity index (χ0) is 39.5. The van der Waals surface area contributed by atoms with Gasteiger partial charge in [0.15, 0.2) is 0 Å². The van der Waals surface area contributed by atoms with Gasteiger partial charge in [0.05, 0.1) is 13.3 Å². The van der Waals surface area contributed by atoms with Crippen LogP contribution in [0.3, 0.4) is 0 Å². The molecule has 0 spiro atoms. The van der Waals surface area contributed by atoms with Crippen molar-refractivity contribution in [3.05, 3.63) is 48.6 Å². The molecule has 0 aromatic heterocycles. The number of ether oxygens (including phenoxy) is 8. The van der Waals surface area contributed by atoms with E-state index in [0.29, 0.717) is 0 Å². The van der Waals surface area contributed by atoms with Gasteiger partial charge in [-0.15, -0.1) is 0 Å². The van der Waals surface area contributed by atoms with Crippen molar-refractivity contribution in [1.29, 1.82) is 0 Å². The molecular weight excluding hydrogens is 692 g/mol. The van der Waals surface area contributed by atoms with Crippen molar-refractivity contribution in [3.8, 4) is 0 Å². The Labute approximate surface area is 302 Å². The smallest absolute Gasteiger partial charge is 0.407 e. The van der Waals surface area contributed by atoms with E-state index in [1.165, 1.54) is 27.7 Å². The van der Waals surface area contributed by atoms with Gasteiger partial charge in [0.25, 0.3) is 0 Å². The number of nitrogens with one attached hydrogen (secondary N) is 4. The first-order chi connectivity index (χ1) is 24.5. The fourth-order valence-corrected chi connectivity index (χ4v) is 3.26. The van der Waals surface area contributed by atoms with Gasteiger partial charge in [-0.3, -0.25) is 5.32 Å². The molecule has 0 fully saturated rings. The Morgan fingerprint density at radius 3 is 0.981 bits per heavy atom. The quantitative estimate of drug-likeness (QED) is 0.0320. The zero-order valence-electron chi connectivity index (χ0n) is 30.1. The van der Waals surface area contributed by atoms with Crippen LogP contribution in [-0.2, 0) is 57.1 Å². The van der Waals surface area contributed by atoms with Crippen LogP contribution in [0, 0.1) is 5.41 Å². The molecular formula is C33H50N4O15. The first kappa shape index (κ1) is 46.6. The lowest BCUT2D eigenvalue weighted by molar-refractivity contribution is -0.141. The lowest BCUT2D eigenvalue weighted by atomic mass is 9.87. The van der Waals surface area contributed by atoms with Crippen LogP contribution in [0.4, 0.5) is 14.4 Å². The molecule has 4 N–H and O–H groups in total. The Balaban J connectivity index is 5.65. The molecule has 292 valence electrons. The molecule has 0 aromatic carbocycles. The highest BCUT2D eigenvalue weighted by molar-refractivity contribution is 5.88. The number of rotatable bonds is 26. The second-order valence-corrected chi connectivity index (χ2v) is 11.1. The van der Waals surface area contributed by atoms with Crippen molar-refractivity contribution in [1.82, 2.24) is 21.3 Å². The summed E-state index contributed by atoms with van der Waals surface area (Å²) in [6.07, 6.45) is -2.76. The summed E-state index contributed by atoms with van der Waals surface area (Å²) in [6.45, 7) is 17.2. The van der Waals surface area contributed by atoms with Crippen LogP contribution >= 0.6 is 0 Å². The van der Waals surface area contributed by atoms with E-state index in [0.717, 1.165) is 0 Å². The topological polar surface area (TPSA) is 241 Å². The van der Waals surface area contributed by atoms with Gasteiger partial charge >= 0.3 is 42.2 Å². The van der Waals surface area contributed by atoms with Crippen molar-refractivity contribution in [3.63, 3.8) is 0 Å². The molecule has 0 atom stereocenters. The van der Waals surface area contributed by atoms with E-state index in [9.17, 15) is 33.6 Å². The molecule has 0 saturated carbocycles. The third kappa shape index (κ3) is 23.1. The van der Waals surface area contributed by atoms with Crippen molar-refractivity contribution >= 4 is 42.2 Å². The molecule has 52 heavy (non-hydrogen) atoms. The Hall–Kier alpha value is -5.43. The maximum absolute atomic E-state index is 12.5. The zero-order valence-corrected chi connectivity index (χ0v) is 30.1. The van der Waals surface area contributed by atoms with E-state index in [1.54, 1.807) is 0 Å². The fraction of sp³-hybridized carbons (Fsp3) is 0.545. The molecule has 0 aromatic rings. The van der Waals surface area contributed by atoms with Crippen LogP contribution in [-0.4, -0.2) is 128 Å². The maximum atomic E-state index is 12.5. The molecule has 0 saturated heterocycles. The number of alkyl carbamates (subject to hydrolysis) is 3. The number of hydrogen-bond acceptors (Lipinski definition) is 16. The van der Waals surface area contributed by atoms with E-state index >= 15 is 0 Å². The summed E-state index contributed by atoms with van der Waals surface area (Å²) in [5.41, 5.74) is -0.526. The summed E-state index contributed by atoms with van der Waals surface area (Å²) < 4.78 is 40.3. The van der Waals surface area contributed by atoms with Crippen molar-refractivity contribution in [2.24, 2.45) is 5.41 Å². The Bertz CT molecular complexity index is 1180. The summed E-state index contributed by atoms with van der Waals surface area (Å²) in [6, 6.07) is 0. The number of hydrogen-bond donors (Lipinski definition) is 4. The summed E-state index contributed by atoms with van der Waals surface area (Å²) in [7, 11) is 0. The molecule has 0 rings (SSSR count). The minimum absolute atomic E-state index is 0.0145. The lowest BCUT2D eigenvalue weighted by Gasteiger charge is -2.34. The third-order valence-electron chi connectivity index (χ3n) is 6.03. The summed E-state index contributed by atoms with van der Waals surface area (Å²) in [5.74, 6) is -2.57. The molecule has 0 aliphatic heterocycles. The average molecular weight is 743 g/mol. The van der Waals surface area contributed by atoms with Gasteiger partial charge in [-0.2, -0.15) is 0 Å². The molecule has 0 aliphatic carbocycles. The van der Waals surface area contributed by atoms with Gasteiger partial charge in [0.1, 0.15) is 46.2 Å². The predicted molar refractivity (Wildman–Crippen MR) is 182 cm³/mol. The highest BCUT2D eigenvalue weighted by Gasteiger charge is 2.33. The molecule has 0 aliphatic rings. The third-order valence-corrected chi connectivity index (χ3v) is 6.03. The number of carbonyl (C=O) groups excluding carboxylic acids is 7. The van der Waals surface area contributed by atoms with Gasteiger partial charge in [-0.25, -0.2) is 33.6 Å². The van der Waals surface area contributed by atoms with Gasteiger partial charge in [-0.1, -0.05) is 26.3 Å². The van der Waals surface area contributed by atoms with Crippen LogP contribution in [0.15, 0.2) is 48.6 Å². The van der Waals surface area contributed by atoms with E-state index in [2.05, 4.69) is 47.6 Å². The normalized spacial score (nSPS) is 10.4. The predicted octanol–water partition coefficient (Wildman–Crippen LogP) is 1.19. The van der Waals surface area contributed by atoms with E-state index in [-0.39, 0.29) is 108 Å². The van der Waals surface area contributed by atoms with Crippen LogP contribution in [0.25, 0.3) is 0 Å². The average Bonchev–Trinajstić information content (AvgIpc) is 3.09. The summed E-state index contributed by atoms with van der Waals surface area (Å²) >= 11 is 0. The molecule has 0 heterocycles. The molecule has 0 radical (unpaired) electrons. The van der Waals surface area contributed by atoms with E-state index in [4.69, 9.17) is 37.9 Å². The minimum Gasteiger partial charge on any atom is -0.460 e. The highest BCUT2D eigenvalue weighted by Crippen LogP contribution is 2.14. The largest absolute Gasteiger partial charge is 0.460 e. The molecule has 3 amide bonds. The molecule has 19 nitrogen and oxygen atoms in total. The van der Waals surface area contributed by atoms with Crippen LogP contribution < -0.4 is 21.3 Å². The standard InChI is InChI=1S/C33H50N4O15/c1-22(2)26(38)46-10-9-45-21-34-17-33(18-35-30(42)50-14-11-47-27(39)23(3)4,19-36-31(43)51-15-12-48-28(40)24(5)6)20-37-32(44)52-16-13-49-29(41)25(7)8/h34H,1,3,5,7,9-21H2,2,4,6,8H3,(H,35,42)(H,36,43)(H,37,44). The second kappa shape index (κ2) is 26.4. The van der Waals surface area contributed by atoms with Crippen molar-refractivity contribution < 1.29 is 71.5 Å². The van der Waals surface area contributed by atoms with Crippen molar-refractivity contribution in [2.45, 2.75) is 27.7 Å². The summed E-state index contributed by atoms with van der Waals surface area (Å²) in [5, 5.41) is 10.6. The van der Waals surface area contributed by atoms with Gasteiger partial charge in [0, 0.05) is 53.9 Å². The highest BCUT2D eigenvalue weighted by atomic mass is 16.6. The molecule has 0 bridgehead atoms. The van der Waals surface area contributed by atoms with Crippen LogP contribution in [0.5, 0.6) is 0 Å². The Morgan fingerprint density at radius 2 is 0.692 bits per heavy atom. The Morgan fingerprint density at radius 1 is 0.423 bits per heavy atom. The lowest BCUT2D eigenvalue weighted by Crippen LogP contribution is -2.56. The Kier molecular flexibility index (Phi) is 23.6. The summed E-state index contributed by atoms with van der Waals surface area (Å²) in [4.78, 5) is 83.9. The number of carbonyl (C=O) groups is 7. The second-order valence-electron chi connectivity index (χ2n) is 11.1. The van der Waals surface area contributed by atoms with E-state index in [1.807, 2.05) is 0 Å². The number of esters is 4. The monoisotopic (exact) mass is 742 g/mol. The molecule has 19 heteroatoms. The van der Waals surface area contributed by atoms with Gasteiger partial charge in [-0.05, 0) is 27.7 Å². The van der Waals surface area contributed by atoms with Crippen molar-refractivity contribution in [2.75, 3.05) is 85.8 Å². The van der Waals surface area contributed by atoms with Gasteiger partial charge in [0.2, 0.25) is 0 Å². The number of amides is 3. The SMILES string of the molecule is C=C(C)C(=O)OCCOCNCC(CNC(=O)OCCOC(=O)C(=C)C)(CNC(=O)OCCOC(=O)C(=C)C)CNC(=O)OCCOC(=O)C(=C)C. The fourth-order valence-electron chi connectivity index (χ4n) is 3.26. The van der Waals surface area contributed by atoms with E-state index < -0.39 is 47.6 Å². The maximum Gasteiger partial charge on any atom is 0.407 e. The van der Waals surface area contributed by atoms with Crippen LogP contribution in [0.1, 0.15) is 27.7 Å². The van der Waals surface area contributed by atoms with Crippen LogP contribution in [0.2, 0.25) is 0 Å². The minimum atomic E-state index is -1.24. The van der Waals surface area contributed by atoms with Gasteiger partial charge < -0.3 is 53.8 Å². The first-order valence-corrected chi connectivity index (χ1v) is 15.8.